The summed E-state index contributed by atoms with van der Waals surface area (Å²) in [6.45, 7) is 3.72. The minimum absolute atomic E-state index is 0.491. The molecule has 92 valence electrons. The molecule has 0 unspecified atom stereocenters. The third kappa shape index (κ3) is 2.62. The summed E-state index contributed by atoms with van der Waals surface area (Å²) in [5.41, 5.74) is 1.49. The summed E-state index contributed by atoms with van der Waals surface area (Å²) in [6, 6.07) is 7.21. The van der Waals surface area contributed by atoms with Crippen molar-refractivity contribution in [3.8, 4) is 5.69 Å². The Morgan fingerprint density at radius 3 is 2.61 bits per heavy atom. The molecule has 0 saturated heterocycles. The highest BCUT2D eigenvalue weighted by Gasteiger charge is 2.07. The van der Waals surface area contributed by atoms with Gasteiger partial charge in [0, 0.05) is 11.2 Å². The molecular weight excluding hydrogens is 250 g/mol. The first-order chi connectivity index (χ1) is 8.74. The van der Waals surface area contributed by atoms with Gasteiger partial charge in [-0.2, -0.15) is 0 Å². The van der Waals surface area contributed by atoms with Crippen LogP contribution in [0.1, 0.15) is 19.7 Å². The summed E-state index contributed by atoms with van der Waals surface area (Å²) in [6.07, 6.45) is 3.53. The second kappa shape index (κ2) is 5.55. The fourth-order valence-electron chi connectivity index (χ4n) is 1.40. The van der Waals surface area contributed by atoms with Gasteiger partial charge >= 0.3 is 0 Å². The van der Waals surface area contributed by atoms with Crippen LogP contribution in [0, 0.1) is 0 Å². The maximum absolute atomic E-state index is 5.82. The van der Waals surface area contributed by atoms with Crippen molar-refractivity contribution in [2.75, 3.05) is 0 Å². The molecule has 0 saturated carbocycles. The molecule has 18 heavy (non-hydrogen) atoms. The molecule has 1 aromatic carbocycles. The van der Waals surface area contributed by atoms with Crippen molar-refractivity contribution >= 4 is 23.5 Å². The van der Waals surface area contributed by atoms with E-state index in [0.29, 0.717) is 16.5 Å². The molecule has 0 spiro atoms. The lowest BCUT2D eigenvalue weighted by Gasteiger charge is -1.97. The Morgan fingerprint density at radius 2 is 2.00 bits per heavy atom. The molecule has 2 aromatic rings. The monoisotopic (exact) mass is 261 g/mol. The quantitative estimate of drug-likeness (QED) is 0.799. The fourth-order valence-corrected chi connectivity index (χ4v) is 1.53. The number of rotatable bonds is 3. The van der Waals surface area contributed by atoms with E-state index in [0.717, 1.165) is 5.69 Å². The van der Waals surface area contributed by atoms with E-state index in [-0.39, 0.29) is 0 Å². The van der Waals surface area contributed by atoms with Gasteiger partial charge in [0.2, 0.25) is 5.82 Å². The van der Waals surface area contributed by atoms with Crippen LogP contribution in [0.3, 0.4) is 0 Å². The lowest BCUT2D eigenvalue weighted by atomic mass is 10.3. The van der Waals surface area contributed by atoms with Gasteiger partial charge in [-0.05, 0) is 43.3 Å². The van der Waals surface area contributed by atoms with Gasteiger partial charge in [0.1, 0.15) is 5.70 Å². The van der Waals surface area contributed by atoms with Crippen molar-refractivity contribution in [2.24, 2.45) is 4.99 Å². The SMILES string of the molecule is CC=N/C(=C\C)c1nnn(-c2ccc(Cl)cc2)n1. The molecule has 0 aliphatic carbocycles. The van der Waals surface area contributed by atoms with Crippen LogP contribution in [0.5, 0.6) is 0 Å². The van der Waals surface area contributed by atoms with Crippen molar-refractivity contribution in [1.82, 2.24) is 20.2 Å². The molecule has 2 rings (SSSR count). The molecule has 0 atom stereocenters. The number of benzene rings is 1. The van der Waals surface area contributed by atoms with Crippen LogP contribution in [-0.4, -0.2) is 26.4 Å². The van der Waals surface area contributed by atoms with E-state index < -0.39 is 0 Å². The van der Waals surface area contributed by atoms with Gasteiger partial charge in [0.25, 0.3) is 0 Å². The van der Waals surface area contributed by atoms with Gasteiger partial charge in [0.05, 0.1) is 5.69 Å². The van der Waals surface area contributed by atoms with Crippen LogP contribution < -0.4 is 0 Å². The van der Waals surface area contributed by atoms with Crippen LogP contribution >= 0.6 is 11.6 Å². The molecule has 0 radical (unpaired) electrons. The first kappa shape index (κ1) is 12.4. The van der Waals surface area contributed by atoms with Gasteiger partial charge in [-0.25, -0.2) is 0 Å². The normalized spacial score (nSPS) is 12.3. The molecule has 0 amide bonds. The van der Waals surface area contributed by atoms with E-state index in [1.165, 1.54) is 4.80 Å². The minimum Gasteiger partial charge on any atom is -0.258 e. The number of aromatic nitrogens is 4. The predicted octanol–water partition coefficient (Wildman–Crippen LogP) is 2.77. The van der Waals surface area contributed by atoms with Crippen LogP contribution in [0.2, 0.25) is 5.02 Å². The second-order valence-corrected chi connectivity index (χ2v) is 3.88. The van der Waals surface area contributed by atoms with Crippen molar-refractivity contribution in [1.29, 1.82) is 0 Å². The van der Waals surface area contributed by atoms with E-state index in [2.05, 4.69) is 20.4 Å². The van der Waals surface area contributed by atoms with E-state index >= 15 is 0 Å². The summed E-state index contributed by atoms with van der Waals surface area (Å²) in [5, 5.41) is 12.9. The van der Waals surface area contributed by atoms with Gasteiger partial charge in [-0.15, -0.1) is 15.0 Å². The number of halogens is 1. The molecule has 6 heteroatoms. The zero-order chi connectivity index (χ0) is 13.0. The van der Waals surface area contributed by atoms with E-state index in [1.54, 1.807) is 18.3 Å². The van der Waals surface area contributed by atoms with Gasteiger partial charge in [-0.3, -0.25) is 4.99 Å². The molecule has 1 aromatic heterocycles. The van der Waals surface area contributed by atoms with Gasteiger partial charge in [-0.1, -0.05) is 17.7 Å². The van der Waals surface area contributed by atoms with Gasteiger partial charge < -0.3 is 0 Å². The Bertz CT molecular complexity index is 583. The number of aliphatic imine (C=N–C) groups is 1. The molecule has 0 aliphatic rings. The number of hydrogen-bond donors (Lipinski definition) is 0. The molecule has 1 heterocycles. The average molecular weight is 262 g/mol. The van der Waals surface area contributed by atoms with E-state index in [4.69, 9.17) is 11.6 Å². The van der Waals surface area contributed by atoms with Crippen molar-refractivity contribution in [3.63, 3.8) is 0 Å². The largest absolute Gasteiger partial charge is 0.258 e. The topological polar surface area (TPSA) is 56.0 Å². The third-order valence-electron chi connectivity index (χ3n) is 2.24. The standard InChI is InChI=1S/C12H12ClN5/c1-3-11(14-4-2)12-15-17-18(16-12)10-7-5-9(13)6-8-10/h3-8H,1-2H3/b11-3-,14-4?. The van der Waals surface area contributed by atoms with Crippen molar-refractivity contribution < 1.29 is 0 Å². The smallest absolute Gasteiger partial charge is 0.223 e. The zero-order valence-electron chi connectivity index (χ0n) is 10.1. The van der Waals surface area contributed by atoms with Gasteiger partial charge in [0.15, 0.2) is 0 Å². The average Bonchev–Trinajstić information content (AvgIpc) is 2.86. The Balaban J connectivity index is 2.33. The molecule has 0 aliphatic heterocycles. The maximum atomic E-state index is 5.82. The first-order valence-electron chi connectivity index (χ1n) is 5.46. The van der Waals surface area contributed by atoms with E-state index in [1.807, 2.05) is 32.1 Å². The molecule has 0 N–H and O–H groups in total. The molecule has 0 bridgehead atoms. The zero-order valence-corrected chi connectivity index (χ0v) is 10.8. The summed E-state index contributed by atoms with van der Waals surface area (Å²) in [5.74, 6) is 0.491. The second-order valence-electron chi connectivity index (χ2n) is 3.44. The summed E-state index contributed by atoms with van der Waals surface area (Å²) < 4.78 is 0. The Morgan fingerprint density at radius 1 is 1.28 bits per heavy atom. The highest BCUT2D eigenvalue weighted by Crippen LogP contribution is 2.13. The highest BCUT2D eigenvalue weighted by molar-refractivity contribution is 6.30. The van der Waals surface area contributed by atoms with Crippen LogP contribution in [-0.2, 0) is 0 Å². The number of nitrogens with zero attached hydrogens (tertiary/aromatic N) is 5. The summed E-state index contributed by atoms with van der Waals surface area (Å²) >= 11 is 5.82. The Hall–Kier alpha value is -2.01. The van der Waals surface area contributed by atoms with E-state index in [9.17, 15) is 0 Å². The maximum Gasteiger partial charge on any atom is 0.223 e. The van der Waals surface area contributed by atoms with Crippen LogP contribution in [0.15, 0.2) is 35.3 Å². The predicted molar refractivity (Wildman–Crippen MR) is 72.0 cm³/mol. The lowest BCUT2D eigenvalue weighted by molar-refractivity contribution is 0.719. The number of hydrogen-bond acceptors (Lipinski definition) is 4. The summed E-state index contributed by atoms with van der Waals surface area (Å²) in [4.78, 5) is 5.62. The number of allylic oxidation sites excluding steroid dienone is 1. The summed E-state index contributed by atoms with van der Waals surface area (Å²) in [7, 11) is 0. The van der Waals surface area contributed by atoms with Crippen LogP contribution in [0.25, 0.3) is 11.4 Å². The lowest BCUT2D eigenvalue weighted by Crippen LogP contribution is -1.98. The molecular formula is C12H12ClN5. The highest BCUT2D eigenvalue weighted by atomic mass is 35.5. The molecule has 0 fully saturated rings. The van der Waals surface area contributed by atoms with Crippen molar-refractivity contribution in [2.45, 2.75) is 13.8 Å². The first-order valence-corrected chi connectivity index (χ1v) is 5.83. The third-order valence-corrected chi connectivity index (χ3v) is 2.49. The minimum atomic E-state index is 0.491. The Labute approximate surface area is 110 Å². The fraction of sp³-hybridized carbons (Fsp3) is 0.167. The van der Waals surface area contributed by atoms with Crippen LogP contribution in [0.4, 0.5) is 0 Å². The van der Waals surface area contributed by atoms with Crippen molar-refractivity contribution in [3.05, 3.63) is 41.2 Å². The Kier molecular flexibility index (Phi) is 3.84. The number of tetrazole rings is 1. The molecule has 5 nitrogen and oxygen atoms in total.